The summed E-state index contributed by atoms with van der Waals surface area (Å²) in [4.78, 5) is 12.1. The van der Waals surface area contributed by atoms with Gasteiger partial charge in [0.25, 0.3) is 0 Å². The molecule has 2 rings (SSSR count). The Hall–Kier alpha value is -1.56. The molecule has 0 saturated carbocycles. The molecule has 0 aliphatic carbocycles. The van der Waals surface area contributed by atoms with Crippen LogP contribution in [0.1, 0.15) is 12.5 Å². The highest BCUT2D eigenvalue weighted by atomic mass is 35.5. The van der Waals surface area contributed by atoms with Crippen LogP contribution in [0.15, 0.2) is 30.5 Å². The normalized spacial score (nSPS) is 12.2. The maximum Gasteiger partial charge on any atom is 0.229 e. The lowest BCUT2D eigenvalue weighted by Gasteiger charge is -2.14. The maximum absolute atomic E-state index is 12.1. The molecule has 0 spiro atoms. The number of aromatic nitrogens is 2. The first-order chi connectivity index (χ1) is 10.5. The predicted molar refractivity (Wildman–Crippen MR) is 89.5 cm³/mol. The van der Waals surface area contributed by atoms with Crippen molar-refractivity contribution in [2.75, 3.05) is 18.9 Å². The SMILES string of the molecule is CNCC(C)C(=O)Nc1ccnn1Cc1c(Cl)cccc1Cl. The van der Waals surface area contributed by atoms with E-state index >= 15 is 0 Å². The number of carbonyl (C=O) groups excluding carboxylic acids is 1. The maximum atomic E-state index is 12.1. The number of hydrogen-bond donors (Lipinski definition) is 2. The van der Waals surface area contributed by atoms with Gasteiger partial charge in [-0.05, 0) is 19.2 Å². The van der Waals surface area contributed by atoms with E-state index in [2.05, 4.69) is 15.7 Å². The molecule has 118 valence electrons. The third-order valence-corrected chi connectivity index (χ3v) is 4.00. The van der Waals surface area contributed by atoms with Crippen molar-refractivity contribution in [3.63, 3.8) is 0 Å². The molecule has 0 aliphatic rings. The van der Waals surface area contributed by atoms with E-state index in [9.17, 15) is 4.79 Å². The first kappa shape index (κ1) is 16.8. The molecule has 0 aliphatic heterocycles. The van der Waals surface area contributed by atoms with Gasteiger partial charge in [-0.1, -0.05) is 36.2 Å². The van der Waals surface area contributed by atoms with Gasteiger partial charge in [-0.15, -0.1) is 0 Å². The van der Waals surface area contributed by atoms with Crippen molar-refractivity contribution in [3.05, 3.63) is 46.1 Å². The Morgan fingerprint density at radius 1 is 1.32 bits per heavy atom. The minimum atomic E-state index is -0.141. The molecule has 5 nitrogen and oxygen atoms in total. The molecule has 1 heterocycles. The van der Waals surface area contributed by atoms with Crippen LogP contribution >= 0.6 is 23.2 Å². The van der Waals surface area contributed by atoms with Crippen molar-refractivity contribution < 1.29 is 4.79 Å². The van der Waals surface area contributed by atoms with Gasteiger partial charge < -0.3 is 10.6 Å². The van der Waals surface area contributed by atoms with Crippen LogP contribution in [0.2, 0.25) is 10.0 Å². The standard InChI is InChI=1S/C15H18Cl2N4O/c1-10(8-18-2)15(22)20-14-6-7-19-21(14)9-11-12(16)4-3-5-13(11)17/h3-7,10,18H,8-9H2,1-2H3,(H,20,22). The number of carbonyl (C=O) groups is 1. The van der Waals surface area contributed by atoms with Crippen LogP contribution in [-0.2, 0) is 11.3 Å². The number of nitrogens with one attached hydrogen (secondary N) is 2. The average molecular weight is 341 g/mol. The summed E-state index contributed by atoms with van der Waals surface area (Å²) < 4.78 is 1.66. The molecule has 1 amide bonds. The Morgan fingerprint density at radius 2 is 2.00 bits per heavy atom. The van der Waals surface area contributed by atoms with E-state index in [-0.39, 0.29) is 11.8 Å². The van der Waals surface area contributed by atoms with Gasteiger partial charge in [-0.3, -0.25) is 4.79 Å². The quantitative estimate of drug-likeness (QED) is 0.849. The number of halogens is 2. The lowest BCUT2D eigenvalue weighted by atomic mass is 10.1. The molecule has 1 aromatic carbocycles. The molecule has 0 saturated heterocycles. The summed E-state index contributed by atoms with van der Waals surface area (Å²) in [6.45, 7) is 2.86. The molecule has 7 heteroatoms. The zero-order valence-corrected chi connectivity index (χ0v) is 13.9. The van der Waals surface area contributed by atoms with Crippen molar-refractivity contribution in [2.45, 2.75) is 13.5 Å². The highest BCUT2D eigenvalue weighted by Crippen LogP contribution is 2.26. The summed E-state index contributed by atoms with van der Waals surface area (Å²) in [7, 11) is 1.81. The Morgan fingerprint density at radius 3 is 2.64 bits per heavy atom. The van der Waals surface area contributed by atoms with Gasteiger partial charge in [0.05, 0.1) is 12.7 Å². The van der Waals surface area contributed by atoms with Crippen LogP contribution in [0, 0.1) is 5.92 Å². The summed E-state index contributed by atoms with van der Waals surface area (Å²) in [6, 6.07) is 7.09. The molecule has 2 N–H and O–H groups in total. The molecule has 1 atom stereocenters. The van der Waals surface area contributed by atoms with E-state index in [0.29, 0.717) is 29.0 Å². The summed E-state index contributed by atoms with van der Waals surface area (Å²) in [5, 5.41) is 11.2. The lowest BCUT2D eigenvalue weighted by Crippen LogP contribution is -2.29. The second-order valence-electron chi connectivity index (χ2n) is 5.02. The highest BCUT2D eigenvalue weighted by Gasteiger charge is 2.15. The molecular formula is C15H18Cl2N4O. The molecule has 22 heavy (non-hydrogen) atoms. The molecule has 2 aromatic rings. The zero-order chi connectivity index (χ0) is 16.1. The minimum absolute atomic E-state index is 0.0682. The Kier molecular flexibility index (Phi) is 5.83. The van der Waals surface area contributed by atoms with E-state index in [1.165, 1.54) is 0 Å². The first-order valence-electron chi connectivity index (χ1n) is 6.93. The van der Waals surface area contributed by atoms with E-state index < -0.39 is 0 Å². The fourth-order valence-electron chi connectivity index (χ4n) is 2.05. The molecule has 1 unspecified atom stereocenters. The molecule has 0 radical (unpaired) electrons. The lowest BCUT2D eigenvalue weighted by molar-refractivity contribution is -0.119. The highest BCUT2D eigenvalue weighted by molar-refractivity contribution is 6.35. The van der Waals surface area contributed by atoms with Crippen molar-refractivity contribution in [2.24, 2.45) is 5.92 Å². The molecule has 1 aromatic heterocycles. The van der Waals surface area contributed by atoms with Gasteiger partial charge in [0.15, 0.2) is 0 Å². The fraction of sp³-hybridized carbons (Fsp3) is 0.333. The Bertz CT molecular complexity index is 636. The molecule has 0 bridgehead atoms. The van der Waals surface area contributed by atoms with Gasteiger partial charge in [0.2, 0.25) is 5.91 Å². The van der Waals surface area contributed by atoms with Crippen molar-refractivity contribution >= 4 is 34.9 Å². The van der Waals surface area contributed by atoms with Gasteiger partial charge in [-0.25, -0.2) is 4.68 Å². The van der Waals surface area contributed by atoms with Crippen LogP contribution in [0.5, 0.6) is 0 Å². The average Bonchev–Trinajstić information content (AvgIpc) is 2.90. The minimum Gasteiger partial charge on any atom is -0.319 e. The van der Waals surface area contributed by atoms with Crippen molar-refractivity contribution in [1.82, 2.24) is 15.1 Å². The third kappa shape index (κ3) is 4.00. The fourth-order valence-corrected chi connectivity index (χ4v) is 2.56. The summed E-state index contributed by atoms with van der Waals surface area (Å²) >= 11 is 12.4. The van der Waals surface area contributed by atoms with Crippen LogP contribution in [-0.4, -0.2) is 29.3 Å². The van der Waals surface area contributed by atoms with Gasteiger partial charge in [-0.2, -0.15) is 5.10 Å². The smallest absolute Gasteiger partial charge is 0.229 e. The second-order valence-corrected chi connectivity index (χ2v) is 5.84. The Balaban J connectivity index is 2.15. The van der Waals surface area contributed by atoms with Gasteiger partial charge in [0.1, 0.15) is 5.82 Å². The number of hydrogen-bond acceptors (Lipinski definition) is 3. The largest absolute Gasteiger partial charge is 0.319 e. The van der Waals surface area contributed by atoms with Crippen molar-refractivity contribution in [1.29, 1.82) is 0 Å². The number of rotatable bonds is 6. The van der Waals surface area contributed by atoms with Crippen LogP contribution in [0.4, 0.5) is 5.82 Å². The topological polar surface area (TPSA) is 59.0 Å². The monoisotopic (exact) mass is 340 g/mol. The van der Waals surface area contributed by atoms with E-state index in [1.807, 2.05) is 14.0 Å². The summed E-state index contributed by atoms with van der Waals surface area (Å²) in [5.41, 5.74) is 0.772. The van der Waals surface area contributed by atoms with E-state index in [0.717, 1.165) is 5.56 Å². The van der Waals surface area contributed by atoms with Crippen LogP contribution in [0.25, 0.3) is 0 Å². The molecular weight excluding hydrogens is 323 g/mol. The Labute approximate surface area is 139 Å². The van der Waals surface area contributed by atoms with Gasteiger partial charge in [0, 0.05) is 34.1 Å². The second kappa shape index (κ2) is 7.63. The predicted octanol–water partition coefficient (Wildman–Crippen LogP) is 3.03. The molecule has 0 fully saturated rings. The zero-order valence-electron chi connectivity index (χ0n) is 12.4. The number of nitrogens with zero attached hydrogens (tertiary/aromatic N) is 2. The third-order valence-electron chi connectivity index (χ3n) is 3.30. The van der Waals surface area contributed by atoms with E-state index in [4.69, 9.17) is 23.2 Å². The van der Waals surface area contributed by atoms with Crippen LogP contribution in [0.3, 0.4) is 0 Å². The van der Waals surface area contributed by atoms with Crippen molar-refractivity contribution in [3.8, 4) is 0 Å². The first-order valence-corrected chi connectivity index (χ1v) is 7.68. The number of anilines is 1. The number of amides is 1. The summed E-state index contributed by atoms with van der Waals surface area (Å²) in [6.07, 6.45) is 1.63. The van der Waals surface area contributed by atoms with Gasteiger partial charge >= 0.3 is 0 Å². The van der Waals surface area contributed by atoms with E-state index in [1.54, 1.807) is 35.1 Å². The summed E-state index contributed by atoms with van der Waals surface area (Å²) in [5.74, 6) is 0.405. The van der Waals surface area contributed by atoms with Crippen LogP contribution < -0.4 is 10.6 Å². The number of benzene rings is 1.